The van der Waals surface area contributed by atoms with Crippen LogP contribution in [0, 0.1) is 5.82 Å². The summed E-state index contributed by atoms with van der Waals surface area (Å²) < 4.78 is 12.9. The van der Waals surface area contributed by atoms with Gasteiger partial charge in [-0.25, -0.2) is 9.37 Å². The second kappa shape index (κ2) is 6.53. The topological polar surface area (TPSA) is 78.9 Å². The van der Waals surface area contributed by atoms with Crippen LogP contribution in [0.15, 0.2) is 48.1 Å². The molecule has 2 N–H and O–H groups in total. The molecule has 7 heteroatoms. The number of aromatic nitrogens is 3. The van der Waals surface area contributed by atoms with Crippen LogP contribution in [0.25, 0.3) is 5.76 Å². The molecule has 0 unspecified atom stereocenters. The highest BCUT2D eigenvalue weighted by molar-refractivity contribution is 7.10. The zero-order chi connectivity index (χ0) is 16.2. The number of thiophene rings is 1. The Kier molecular flexibility index (Phi) is 4.29. The molecule has 0 saturated carbocycles. The zero-order valence-electron chi connectivity index (χ0n) is 11.9. The van der Waals surface area contributed by atoms with Gasteiger partial charge in [-0.2, -0.15) is 5.10 Å². The molecule has 0 aliphatic rings. The molecule has 2 heterocycles. The Labute approximate surface area is 135 Å². The summed E-state index contributed by atoms with van der Waals surface area (Å²) in [6.07, 6.45) is 2.93. The van der Waals surface area contributed by atoms with Crippen LogP contribution in [0.1, 0.15) is 26.6 Å². The van der Waals surface area contributed by atoms with E-state index in [0.29, 0.717) is 12.0 Å². The largest absolute Gasteiger partial charge is 0.504 e. The van der Waals surface area contributed by atoms with Crippen LogP contribution < -0.4 is 0 Å². The van der Waals surface area contributed by atoms with Gasteiger partial charge in [0.2, 0.25) is 5.82 Å². The van der Waals surface area contributed by atoms with E-state index in [1.165, 1.54) is 29.8 Å². The quantitative estimate of drug-likeness (QED) is 0.427. The number of benzene rings is 1. The van der Waals surface area contributed by atoms with Gasteiger partial charge in [-0.3, -0.25) is 9.89 Å². The maximum atomic E-state index is 12.9. The van der Waals surface area contributed by atoms with Crippen LogP contribution in [0.5, 0.6) is 0 Å². The van der Waals surface area contributed by atoms with E-state index in [1.807, 2.05) is 5.38 Å². The summed E-state index contributed by atoms with van der Waals surface area (Å²) in [7, 11) is 0. The van der Waals surface area contributed by atoms with Crippen molar-refractivity contribution in [1.82, 2.24) is 15.2 Å². The average molecular weight is 329 g/mol. The third-order valence-electron chi connectivity index (χ3n) is 3.20. The molecule has 3 rings (SSSR count). The van der Waals surface area contributed by atoms with E-state index in [-0.39, 0.29) is 23.2 Å². The van der Waals surface area contributed by atoms with Crippen LogP contribution in [-0.4, -0.2) is 26.1 Å². The molecule has 5 nitrogen and oxygen atoms in total. The number of carbonyl (C=O) groups excluding carboxylic acids is 1. The summed E-state index contributed by atoms with van der Waals surface area (Å²) >= 11 is 1.44. The molecule has 2 aromatic heterocycles. The molecule has 0 amide bonds. The van der Waals surface area contributed by atoms with E-state index in [4.69, 9.17) is 0 Å². The molecule has 23 heavy (non-hydrogen) atoms. The summed E-state index contributed by atoms with van der Waals surface area (Å²) in [6, 6.07) is 7.85. The molecule has 0 aliphatic carbocycles. The first-order chi connectivity index (χ1) is 11.1. The zero-order valence-corrected chi connectivity index (χ0v) is 12.7. The SMILES string of the molecule is O=C(C=C(O)c1nc[nH]n1)c1ccsc1Cc1ccc(F)cc1. The number of H-pyrrole nitrogens is 1. The van der Waals surface area contributed by atoms with Gasteiger partial charge in [-0.1, -0.05) is 12.1 Å². The van der Waals surface area contributed by atoms with Crippen molar-refractivity contribution in [3.8, 4) is 0 Å². The Morgan fingerprint density at radius 3 is 2.78 bits per heavy atom. The van der Waals surface area contributed by atoms with E-state index in [2.05, 4.69) is 15.2 Å². The number of allylic oxidation sites excluding steroid dienone is 1. The van der Waals surface area contributed by atoms with Gasteiger partial charge in [0.15, 0.2) is 11.5 Å². The van der Waals surface area contributed by atoms with Gasteiger partial charge in [0.1, 0.15) is 12.1 Å². The molecule has 3 aromatic rings. The van der Waals surface area contributed by atoms with E-state index in [9.17, 15) is 14.3 Å². The number of halogens is 1. The highest BCUT2D eigenvalue weighted by Gasteiger charge is 2.14. The van der Waals surface area contributed by atoms with Crippen molar-refractivity contribution >= 4 is 22.9 Å². The number of aliphatic hydroxyl groups excluding tert-OH is 1. The fourth-order valence-electron chi connectivity index (χ4n) is 2.08. The van der Waals surface area contributed by atoms with Crippen molar-refractivity contribution in [2.24, 2.45) is 0 Å². The smallest absolute Gasteiger partial charge is 0.215 e. The van der Waals surface area contributed by atoms with Crippen LogP contribution >= 0.6 is 11.3 Å². The van der Waals surface area contributed by atoms with Crippen molar-refractivity contribution in [3.05, 3.63) is 75.8 Å². The lowest BCUT2D eigenvalue weighted by molar-refractivity contribution is 0.104. The molecule has 0 fully saturated rings. The van der Waals surface area contributed by atoms with E-state index in [1.54, 1.807) is 18.2 Å². The lowest BCUT2D eigenvalue weighted by Crippen LogP contribution is -2.00. The van der Waals surface area contributed by atoms with Crippen molar-refractivity contribution in [3.63, 3.8) is 0 Å². The van der Waals surface area contributed by atoms with E-state index < -0.39 is 0 Å². The maximum absolute atomic E-state index is 12.9. The van der Waals surface area contributed by atoms with Gasteiger partial charge in [-0.05, 0) is 29.1 Å². The number of hydrogen-bond acceptors (Lipinski definition) is 5. The van der Waals surface area contributed by atoms with Crippen LogP contribution in [-0.2, 0) is 6.42 Å². The van der Waals surface area contributed by atoms with Gasteiger partial charge >= 0.3 is 0 Å². The molecule has 1 aromatic carbocycles. The van der Waals surface area contributed by atoms with Crippen molar-refractivity contribution in [2.75, 3.05) is 0 Å². The number of hydrogen-bond donors (Lipinski definition) is 2. The summed E-state index contributed by atoms with van der Waals surface area (Å²) in [5.74, 6) is -0.856. The fraction of sp³-hybridized carbons (Fsp3) is 0.0625. The highest BCUT2D eigenvalue weighted by Crippen LogP contribution is 2.22. The molecule has 0 spiro atoms. The van der Waals surface area contributed by atoms with Gasteiger partial charge < -0.3 is 5.11 Å². The Morgan fingerprint density at radius 2 is 2.09 bits per heavy atom. The van der Waals surface area contributed by atoms with Crippen LogP contribution in [0.2, 0.25) is 0 Å². The first kappa shape index (κ1) is 15.1. The molecule has 0 saturated heterocycles. The third-order valence-corrected chi connectivity index (χ3v) is 4.12. The summed E-state index contributed by atoms with van der Waals surface area (Å²) in [5.41, 5.74) is 1.41. The molecule has 0 aliphatic heterocycles. The van der Waals surface area contributed by atoms with Gasteiger partial charge in [-0.15, -0.1) is 11.3 Å². The normalized spacial score (nSPS) is 11.6. The number of rotatable bonds is 5. The van der Waals surface area contributed by atoms with E-state index in [0.717, 1.165) is 16.5 Å². The number of carbonyl (C=O) groups is 1. The second-order valence-electron chi connectivity index (χ2n) is 4.78. The van der Waals surface area contributed by atoms with Crippen molar-refractivity contribution in [1.29, 1.82) is 0 Å². The minimum Gasteiger partial charge on any atom is -0.504 e. The Hall–Kier alpha value is -2.80. The molecule has 116 valence electrons. The monoisotopic (exact) mass is 329 g/mol. The Balaban J connectivity index is 1.81. The molecule has 0 bridgehead atoms. The first-order valence-electron chi connectivity index (χ1n) is 6.75. The number of ketones is 1. The van der Waals surface area contributed by atoms with Gasteiger partial charge in [0, 0.05) is 22.9 Å². The molecular weight excluding hydrogens is 317 g/mol. The van der Waals surface area contributed by atoms with Crippen molar-refractivity contribution < 1.29 is 14.3 Å². The first-order valence-corrected chi connectivity index (χ1v) is 7.63. The predicted molar refractivity (Wildman–Crippen MR) is 84.8 cm³/mol. The maximum Gasteiger partial charge on any atom is 0.215 e. The number of nitrogens with zero attached hydrogens (tertiary/aromatic N) is 2. The summed E-state index contributed by atoms with van der Waals surface area (Å²) in [6.45, 7) is 0. The minimum atomic E-state index is -0.328. The Bertz CT molecular complexity index is 839. The summed E-state index contributed by atoms with van der Waals surface area (Å²) in [5, 5.41) is 17.8. The molecular formula is C16H12FN3O2S. The fourth-order valence-corrected chi connectivity index (χ4v) is 3.00. The molecule has 0 radical (unpaired) electrons. The number of nitrogens with one attached hydrogen (secondary N) is 1. The average Bonchev–Trinajstić information content (AvgIpc) is 3.20. The van der Waals surface area contributed by atoms with Crippen LogP contribution in [0.3, 0.4) is 0 Å². The lowest BCUT2D eigenvalue weighted by Gasteiger charge is -2.02. The summed E-state index contributed by atoms with van der Waals surface area (Å²) in [4.78, 5) is 16.9. The number of aliphatic hydroxyl groups is 1. The highest BCUT2D eigenvalue weighted by atomic mass is 32.1. The van der Waals surface area contributed by atoms with E-state index >= 15 is 0 Å². The van der Waals surface area contributed by atoms with Crippen molar-refractivity contribution in [2.45, 2.75) is 6.42 Å². The third kappa shape index (κ3) is 3.51. The lowest BCUT2D eigenvalue weighted by atomic mass is 10.1. The predicted octanol–water partition coefficient (Wildman–Crippen LogP) is 3.38. The number of aromatic amines is 1. The molecule has 0 atom stereocenters. The van der Waals surface area contributed by atoms with Gasteiger partial charge in [0.05, 0.1) is 0 Å². The Morgan fingerprint density at radius 1 is 1.30 bits per heavy atom. The van der Waals surface area contributed by atoms with Gasteiger partial charge in [0.25, 0.3) is 0 Å². The van der Waals surface area contributed by atoms with Crippen LogP contribution in [0.4, 0.5) is 4.39 Å². The minimum absolute atomic E-state index is 0.0636. The second-order valence-corrected chi connectivity index (χ2v) is 5.78. The standard InChI is InChI=1S/C16H12FN3O2S/c17-11-3-1-10(2-4-11)7-15-12(5-6-23-15)13(21)8-14(22)16-18-9-19-20-16/h1-6,8-9,22H,7H2,(H,18,19,20).